The van der Waals surface area contributed by atoms with Crippen LogP contribution < -0.4 is 9.47 Å². The second kappa shape index (κ2) is 10.1. The molecule has 0 atom stereocenters. The van der Waals surface area contributed by atoms with Crippen LogP contribution in [0, 0.1) is 5.92 Å². The van der Waals surface area contributed by atoms with Crippen LogP contribution in [0.4, 0.5) is 0 Å². The lowest BCUT2D eigenvalue weighted by Gasteiger charge is -2.19. The molecule has 3 heteroatoms. The molecule has 0 aliphatic carbocycles. The fourth-order valence-corrected chi connectivity index (χ4v) is 3.03. The van der Waals surface area contributed by atoms with E-state index in [1.807, 2.05) is 12.1 Å². The molecule has 25 heavy (non-hydrogen) atoms. The van der Waals surface area contributed by atoms with Crippen LogP contribution in [0.5, 0.6) is 11.5 Å². The fraction of sp³-hybridized carbons (Fsp3) is 0.409. The highest BCUT2D eigenvalue weighted by atomic mass is 16.5. The SMILES string of the molecule is CC[C](c1ccc(OCCN(CC)CC)cc1)c1ccccc1OC. The Hall–Kier alpha value is -2.00. The maximum atomic E-state index is 5.88. The zero-order valence-electron chi connectivity index (χ0n) is 15.9. The van der Waals surface area contributed by atoms with Crippen molar-refractivity contribution in [2.45, 2.75) is 27.2 Å². The maximum Gasteiger partial charge on any atom is 0.123 e. The van der Waals surface area contributed by atoms with Crippen molar-refractivity contribution in [3.05, 3.63) is 65.6 Å². The average molecular weight is 340 g/mol. The van der Waals surface area contributed by atoms with E-state index in [2.05, 4.69) is 62.1 Å². The number of hydrogen-bond donors (Lipinski definition) is 0. The third-order valence-electron chi connectivity index (χ3n) is 4.56. The van der Waals surface area contributed by atoms with E-state index in [4.69, 9.17) is 9.47 Å². The van der Waals surface area contributed by atoms with Crippen LogP contribution in [0.3, 0.4) is 0 Å². The van der Waals surface area contributed by atoms with Gasteiger partial charge >= 0.3 is 0 Å². The van der Waals surface area contributed by atoms with Crippen LogP contribution in [-0.4, -0.2) is 38.3 Å². The van der Waals surface area contributed by atoms with Gasteiger partial charge in [-0.1, -0.05) is 51.1 Å². The summed E-state index contributed by atoms with van der Waals surface area (Å²) in [5.74, 6) is 3.12. The lowest BCUT2D eigenvalue weighted by atomic mass is 9.88. The summed E-state index contributed by atoms with van der Waals surface area (Å²) in [5, 5.41) is 0. The Labute approximate surface area is 152 Å². The van der Waals surface area contributed by atoms with Crippen LogP contribution >= 0.6 is 0 Å². The van der Waals surface area contributed by atoms with Crippen molar-refractivity contribution in [3.8, 4) is 11.5 Å². The first kappa shape index (κ1) is 19.3. The Balaban J connectivity index is 2.04. The molecule has 0 amide bonds. The molecule has 0 heterocycles. The van der Waals surface area contributed by atoms with Crippen molar-refractivity contribution in [2.75, 3.05) is 33.4 Å². The van der Waals surface area contributed by atoms with E-state index >= 15 is 0 Å². The Morgan fingerprint density at radius 3 is 2.20 bits per heavy atom. The lowest BCUT2D eigenvalue weighted by molar-refractivity contribution is 0.223. The maximum absolute atomic E-state index is 5.88. The quantitative estimate of drug-likeness (QED) is 0.620. The highest BCUT2D eigenvalue weighted by Gasteiger charge is 2.17. The molecule has 0 aliphatic heterocycles. The number of rotatable bonds is 10. The number of para-hydroxylation sites is 1. The van der Waals surface area contributed by atoms with Gasteiger partial charge in [-0.15, -0.1) is 0 Å². The number of hydrogen-bond acceptors (Lipinski definition) is 3. The summed E-state index contributed by atoms with van der Waals surface area (Å²) in [7, 11) is 1.72. The van der Waals surface area contributed by atoms with Gasteiger partial charge in [-0.2, -0.15) is 0 Å². The van der Waals surface area contributed by atoms with Crippen LogP contribution in [0.2, 0.25) is 0 Å². The van der Waals surface area contributed by atoms with E-state index in [1.165, 1.54) is 11.5 Å². The van der Waals surface area contributed by atoms with E-state index in [1.54, 1.807) is 7.11 Å². The van der Waals surface area contributed by atoms with Gasteiger partial charge in [0.15, 0.2) is 0 Å². The zero-order valence-corrected chi connectivity index (χ0v) is 15.9. The minimum absolute atomic E-state index is 0.720. The Morgan fingerprint density at radius 2 is 1.60 bits per heavy atom. The smallest absolute Gasteiger partial charge is 0.123 e. The summed E-state index contributed by atoms with van der Waals surface area (Å²) in [6.07, 6.45) is 0.947. The Bertz CT molecular complexity index is 620. The highest BCUT2D eigenvalue weighted by molar-refractivity contribution is 5.52. The molecule has 2 aromatic carbocycles. The normalized spacial score (nSPS) is 11.1. The van der Waals surface area contributed by atoms with Crippen LogP contribution in [-0.2, 0) is 0 Å². The van der Waals surface area contributed by atoms with Crippen molar-refractivity contribution in [2.24, 2.45) is 0 Å². The van der Waals surface area contributed by atoms with Gasteiger partial charge in [0, 0.05) is 18.0 Å². The predicted molar refractivity (Wildman–Crippen MR) is 104 cm³/mol. The van der Waals surface area contributed by atoms with Crippen LogP contribution in [0.25, 0.3) is 0 Å². The van der Waals surface area contributed by atoms with Crippen molar-refractivity contribution >= 4 is 0 Å². The molecule has 0 aliphatic rings. The minimum Gasteiger partial charge on any atom is -0.496 e. The Kier molecular flexibility index (Phi) is 7.80. The van der Waals surface area contributed by atoms with Crippen LogP contribution in [0.15, 0.2) is 48.5 Å². The number of benzene rings is 2. The Morgan fingerprint density at radius 1 is 0.920 bits per heavy atom. The molecule has 0 spiro atoms. The first-order chi connectivity index (χ1) is 12.2. The molecule has 0 saturated heterocycles. The summed E-state index contributed by atoms with van der Waals surface area (Å²) in [6.45, 7) is 10.3. The lowest BCUT2D eigenvalue weighted by Crippen LogP contribution is -2.27. The van der Waals surface area contributed by atoms with E-state index < -0.39 is 0 Å². The van der Waals surface area contributed by atoms with Gasteiger partial charge in [0.05, 0.1) is 7.11 Å². The van der Waals surface area contributed by atoms with Gasteiger partial charge in [0.2, 0.25) is 0 Å². The summed E-state index contributed by atoms with van der Waals surface area (Å²) < 4.78 is 11.4. The van der Waals surface area contributed by atoms with E-state index in [0.717, 1.165) is 49.7 Å². The van der Waals surface area contributed by atoms with Crippen molar-refractivity contribution in [1.29, 1.82) is 0 Å². The van der Waals surface area contributed by atoms with Gasteiger partial charge in [0.1, 0.15) is 18.1 Å². The molecule has 0 unspecified atom stereocenters. The molecule has 135 valence electrons. The fourth-order valence-electron chi connectivity index (χ4n) is 3.03. The predicted octanol–water partition coefficient (Wildman–Crippen LogP) is 4.80. The number of ether oxygens (including phenoxy) is 2. The van der Waals surface area contributed by atoms with Crippen molar-refractivity contribution < 1.29 is 9.47 Å². The van der Waals surface area contributed by atoms with Gasteiger partial charge in [-0.3, -0.25) is 0 Å². The molecule has 2 rings (SSSR count). The number of nitrogens with zero attached hydrogens (tertiary/aromatic N) is 1. The molecule has 0 bridgehead atoms. The van der Waals surface area contributed by atoms with Crippen molar-refractivity contribution in [3.63, 3.8) is 0 Å². The summed E-state index contributed by atoms with van der Waals surface area (Å²) in [6, 6.07) is 16.6. The van der Waals surface area contributed by atoms with Gasteiger partial charge < -0.3 is 14.4 Å². The molecule has 3 nitrogen and oxygen atoms in total. The third-order valence-corrected chi connectivity index (χ3v) is 4.56. The molecule has 0 fully saturated rings. The van der Waals surface area contributed by atoms with Gasteiger partial charge in [-0.25, -0.2) is 0 Å². The number of methoxy groups -OCH3 is 1. The van der Waals surface area contributed by atoms with Gasteiger partial charge in [0.25, 0.3) is 0 Å². The average Bonchev–Trinajstić information content (AvgIpc) is 2.67. The molecule has 1 radical (unpaired) electrons. The van der Waals surface area contributed by atoms with E-state index in [0.29, 0.717) is 0 Å². The second-order valence-corrected chi connectivity index (χ2v) is 5.93. The zero-order chi connectivity index (χ0) is 18.1. The third kappa shape index (κ3) is 5.23. The molecular weight excluding hydrogens is 310 g/mol. The van der Waals surface area contributed by atoms with Gasteiger partial charge in [-0.05, 0) is 43.3 Å². The van der Waals surface area contributed by atoms with Crippen molar-refractivity contribution in [1.82, 2.24) is 4.90 Å². The molecule has 0 saturated carbocycles. The summed E-state index contributed by atoms with van der Waals surface area (Å²) >= 11 is 0. The van der Waals surface area contributed by atoms with E-state index in [9.17, 15) is 0 Å². The highest BCUT2D eigenvalue weighted by Crippen LogP contribution is 2.33. The molecule has 0 aromatic heterocycles. The first-order valence-electron chi connectivity index (χ1n) is 9.18. The molecule has 2 aromatic rings. The first-order valence-corrected chi connectivity index (χ1v) is 9.18. The summed E-state index contributed by atoms with van der Waals surface area (Å²) in [5.41, 5.74) is 2.37. The number of likely N-dealkylation sites (N-methyl/N-ethyl adjacent to an activating group) is 1. The largest absolute Gasteiger partial charge is 0.496 e. The standard InChI is InChI=1S/C22H30NO2/c1-5-20(21-10-8-9-11-22(21)24-4)18-12-14-19(15-13-18)25-17-16-23(6-2)7-3/h8-15H,5-7,16-17H2,1-4H3. The topological polar surface area (TPSA) is 21.7 Å². The molecule has 0 N–H and O–H groups in total. The monoisotopic (exact) mass is 340 g/mol. The minimum atomic E-state index is 0.720. The van der Waals surface area contributed by atoms with Crippen LogP contribution in [0.1, 0.15) is 38.3 Å². The second-order valence-electron chi connectivity index (χ2n) is 5.93. The summed E-state index contributed by atoms with van der Waals surface area (Å²) in [4.78, 5) is 2.36. The van der Waals surface area contributed by atoms with E-state index in [-0.39, 0.29) is 0 Å². The molecular formula is C22H30NO2.